The van der Waals surface area contributed by atoms with Crippen molar-refractivity contribution in [2.24, 2.45) is 0 Å². The number of unbranched alkanes of at least 4 members (excludes halogenated alkanes) is 2. The van der Waals surface area contributed by atoms with Crippen LogP contribution in [0.4, 0.5) is 0 Å². The molecule has 0 aliphatic rings. The van der Waals surface area contributed by atoms with Crippen LogP contribution in [0.25, 0.3) is 0 Å². The van der Waals surface area contributed by atoms with Gasteiger partial charge in [-0.1, -0.05) is 50.1 Å². The first kappa shape index (κ1) is 15.2. The van der Waals surface area contributed by atoms with Crippen LogP contribution >= 0.6 is 0 Å². The lowest BCUT2D eigenvalue weighted by Crippen LogP contribution is -2.05. The van der Waals surface area contributed by atoms with E-state index in [-0.39, 0.29) is 5.78 Å². The van der Waals surface area contributed by atoms with E-state index in [0.29, 0.717) is 17.1 Å². The van der Waals surface area contributed by atoms with E-state index in [2.05, 4.69) is 11.9 Å². The highest BCUT2D eigenvalue weighted by Crippen LogP contribution is 2.14. The second-order valence-corrected chi connectivity index (χ2v) is 5.05. The summed E-state index contributed by atoms with van der Waals surface area (Å²) in [4.78, 5) is 16.5. The van der Waals surface area contributed by atoms with Gasteiger partial charge in [-0.3, -0.25) is 4.79 Å². The SMILES string of the molecule is CCCCCc1ccc(C(=O)c2cccc(OC)n2)cc1. The van der Waals surface area contributed by atoms with Gasteiger partial charge in [-0.25, -0.2) is 4.98 Å². The number of hydrogen-bond donors (Lipinski definition) is 0. The highest BCUT2D eigenvalue weighted by Gasteiger charge is 2.11. The van der Waals surface area contributed by atoms with E-state index >= 15 is 0 Å². The lowest BCUT2D eigenvalue weighted by molar-refractivity contribution is 0.103. The van der Waals surface area contributed by atoms with E-state index in [1.165, 1.54) is 24.8 Å². The number of hydrogen-bond acceptors (Lipinski definition) is 3. The van der Waals surface area contributed by atoms with Crippen LogP contribution in [0.1, 0.15) is 47.8 Å². The third-order valence-electron chi connectivity index (χ3n) is 3.45. The number of rotatable bonds is 7. The fourth-order valence-electron chi connectivity index (χ4n) is 2.20. The van der Waals surface area contributed by atoms with Crippen molar-refractivity contribution in [2.45, 2.75) is 32.6 Å². The molecular formula is C18H21NO2. The highest BCUT2D eigenvalue weighted by molar-refractivity contribution is 6.07. The molecule has 0 fully saturated rings. The van der Waals surface area contributed by atoms with Gasteiger partial charge in [0.25, 0.3) is 0 Å². The minimum Gasteiger partial charge on any atom is -0.481 e. The summed E-state index contributed by atoms with van der Waals surface area (Å²) in [5.74, 6) is 0.381. The molecule has 110 valence electrons. The molecule has 2 rings (SSSR count). The maximum atomic E-state index is 12.4. The lowest BCUT2D eigenvalue weighted by Gasteiger charge is -2.05. The number of carbonyl (C=O) groups excluding carboxylic acids is 1. The third-order valence-corrected chi connectivity index (χ3v) is 3.45. The molecule has 3 heteroatoms. The molecule has 0 unspecified atom stereocenters. The van der Waals surface area contributed by atoms with Gasteiger partial charge in [0, 0.05) is 11.6 Å². The Bertz CT molecular complexity index is 590. The van der Waals surface area contributed by atoms with Gasteiger partial charge in [0.05, 0.1) is 7.11 Å². The van der Waals surface area contributed by atoms with E-state index in [1.54, 1.807) is 25.3 Å². The largest absolute Gasteiger partial charge is 0.481 e. The van der Waals surface area contributed by atoms with Gasteiger partial charge < -0.3 is 4.74 Å². The molecule has 3 nitrogen and oxygen atoms in total. The summed E-state index contributed by atoms with van der Waals surface area (Å²) in [6.45, 7) is 2.20. The predicted molar refractivity (Wildman–Crippen MR) is 83.9 cm³/mol. The van der Waals surface area contributed by atoms with Crippen molar-refractivity contribution in [1.82, 2.24) is 4.98 Å². The van der Waals surface area contributed by atoms with Crippen molar-refractivity contribution in [3.8, 4) is 5.88 Å². The molecule has 2 aromatic rings. The Morgan fingerprint density at radius 3 is 2.52 bits per heavy atom. The summed E-state index contributed by atoms with van der Waals surface area (Å²) >= 11 is 0. The first-order valence-electron chi connectivity index (χ1n) is 7.39. The highest BCUT2D eigenvalue weighted by atomic mass is 16.5. The summed E-state index contributed by atoms with van der Waals surface area (Å²) in [5.41, 5.74) is 2.35. The molecule has 0 atom stereocenters. The Morgan fingerprint density at radius 2 is 1.86 bits per heavy atom. The molecule has 21 heavy (non-hydrogen) atoms. The summed E-state index contributed by atoms with van der Waals surface area (Å²) < 4.78 is 5.05. The van der Waals surface area contributed by atoms with Crippen molar-refractivity contribution < 1.29 is 9.53 Å². The average molecular weight is 283 g/mol. The number of carbonyl (C=O) groups is 1. The first-order chi connectivity index (χ1) is 10.2. The van der Waals surface area contributed by atoms with Crippen LogP contribution in [0.2, 0.25) is 0 Å². The minimum absolute atomic E-state index is 0.0750. The Labute approximate surface area is 126 Å². The van der Waals surface area contributed by atoms with Gasteiger partial charge >= 0.3 is 0 Å². The summed E-state index contributed by atoms with van der Waals surface area (Å²) in [6, 6.07) is 13.0. The standard InChI is InChI=1S/C18H21NO2/c1-3-4-5-7-14-10-12-15(13-11-14)18(20)16-8-6-9-17(19-16)21-2/h6,8-13H,3-5,7H2,1-2H3. The van der Waals surface area contributed by atoms with Crippen molar-refractivity contribution in [1.29, 1.82) is 0 Å². The number of aromatic nitrogens is 1. The van der Waals surface area contributed by atoms with Crippen molar-refractivity contribution in [3.63, 3.8) is 0 Å². The smallest absolute Gasteiger partial charge is 0.213 e. The molecule has 0 amide bonds. The maximum absolute atomic E-state index is 12.4. The summed E-state index contributed by atoms with van der Waals surface area (Å²) in [6.07, 6.45) is 4.73. The van der Waals surface area contributed by atoms with Crippen LogP contribution in [0, 0.1) is 0 Å². The van der Waals surface area contributed by atoms with E-state index < -0.39 is 0 Å². The zero-order valence-corrected chi connectivity index (χ0v) is 12.6. The van der Waals surface area contributed by atoms with Crippen LogP contribution in [0.3, 0.4) is 0 Å². The van der Waals surface area contributed by atoms with Crippen molar-refractivity contribution >= 4 is 5.78 Å². The number of pyridine rings is 1. The van der Waals surface area contributed by atoms with Crippen molar-refractivity contribution in [2.75, 3.05) is 7.11 Å². The number of benzene rings is 1. The number of methoxy groups -OCH3 is 1. The molecule has 0 aliphatic carbocycles. The Hall–Kier alpha value is -2.16. The number of ketones is 1. The van der Waals surface area contributed by atoms with Crippen LogP contribution in [0.15, 0.2) is 42.5 Å². The van der Waals surface area contributed by atoms with Crippen LogP contribution in [-0.4, -0.2) is 17.9 Å². The molecule has 0 saturated carbocycles. The van der Waals surface area contributed by atoms with Crippen LogP contribution in [-0.2, 0) is 6.42 Å². The van der Waals surface area contributed by atoms with Crippen LogP contribution < -0.4 is 4.74 Å². The minimum atomic E-state index is -0.0750. The van der Waals surface area contributed by atoms with Gasteiger partial charge in [0.2, 0.25) is 11.7 Å². The third kappa shape index (κ3) is 4.15. The number of nitrogens with zero attached hydrogens (tertiary/aromatic N) is 1. The quantitative estimate of drug-likeness (QED) is 0.568. The number of aryl methyl sites for hydroxylation is 1. The number of ether oxygens (including phenoxy) is 1. The van der Waals surface area contributed by atoms with Crippen LogP contribution in [0.5, 0.6) is 5.88 Å². The fourth-order valence-corrected chi connectivity index (χ4v) is 2.20. The van der Waals surface area contributed by atoms with Gasteiger partial charge in [-0.05, 0) is 24.5 Å². The maximum Gasteiger partial charge on any atom is 0.213 e. The molecule has 1 heterocycles. The molecule has 0 aliphatic heterocycles. The normalized spacial score (nSPS) is 10.4. The topological polar surface area (TPSA) is 39.2 Å². The van der Waals surface area contributed by atoms with Gasteiger partial charge in [0.15, 0.2) is 0 Å². The van der Waals surface area contributed by atoms with E-state index in [9.17, 15) is 4.79 Å². The Morgan fingerprint density at radius 1 is 1.10 bits per heavy atom. The Kier molecular flexibility index (Phi) is 5.50. The fraction of sp³-hybridized carbons (Fsp3) is 0.333. The zero-order valence-electron chi connectivity index (χ0n) is 12.6. The molecule has 0 spiro atoms. The lowest BCUT2D eigenvalue weighted by atomic mass is 10.0. The zero-order chi connectivity index (χ0) is 15.1. The monoisotopic (exact) mass is 283 g/mol. The second kappa shape index (κ2) is 7.58. The Balaban J connectivity index is 2.08. The van der Waals surface area contributed by atoms with E-state index in [0.717, 1.165) is 6.42 Å². The second-order valence-electron chi connectivity index (χ2n) is 5.05. The van der Waals surface area contributed by atoms with Gasteiger partial charge in [-0.2, -0.15) is 0 Å². The molecule has 0 N–H and O–H groups in total. The van der Waals surface area contributed by atoms with Gasteiger partial charge in [0.1, 0.15) is 5.69 Å². The molecule has 0 radical (unpaired) electrons. The summed E-state index contributed by atoms with van der Waals surface area (Å²) in [7, 11) is 1.54. The average Bonchev–Trinajstić information content (AvgIpc) is 2.55. The predicted octanol–water partition coefficient (Wildman–Crippen LogP) is 4.05. The summed E-state index contributed by atoms with van der Waals surface area (Å²) in [5, 5.41) is 0. The molecule has 1 aromatic heterocycles. The van der Waals surface area contributed by atoms with E-state index in [1.807, 2.05) is 24.3 Å². The first-order valence-corrected chi connectivity index (χ1v) is 7.39. The molecular weight excluding hydrogens is 262 g/mol. The molecule has 0 bridgehead atoms. The molecule has 1 aromatic carbocycles. The molecule has 0 saturated heterocycles. The van der Waals surface area contributed by atoms with Crippen molar-refractivity contribution in [3.05, 3.63) is 59.3 Å². The van der Waals surface area contributed by atoms with E-state index in [4.69, 9.17) is 4.74 Å². The van der Waals surface area contributed by atoms with Gasteiger partial charge in [-0.15, -0.1) is 0 Å².